The van der Waals surface area contributed by atoms with Gasteiger partial charge in [0.05, 0.1) is 13.2 Å². The van der Waals surface area contributed by atoms with Gasteiger partial charge in [0.2, 0.25) is 0 Å². The second-order valence-electron chi connectivity index (χ2n) is 7.94. The molecule has 0 saturated carbocycles. The molecule has 3 rings (SSSR count). The summed E-state index contributed by atoms with van der Waals surface area (Å²) in [7, 11) is 5.14. The van der Waals surface area contributed by atoms with Crippen LogP contribution < -0.4 is 20.7 Å². The molecule has 1 fully saturated rings. The molecule has 0 aromatic heterocycles. The highest BCUT2D eigenvalue weighted by Crippen LogP contribution is 2.27. The van der Waals surface area contributed by atoms with E-state index in [0.29, 0.717) is 5.56 Å². The summed E-state index contributed by atoms with van der Waals surface area (Å²) < 4.78 is 5.44. The van der Waals surface area contributed by atoms with Gasteiger partial charge in [0.25, 0.3) is 5.91 Å². The molecule has 0 aliphatic carbocycles. The van der Waals surface area contributed by atoms with Crippen LogP contribution in [0, 0.1) is 0 Å². The fourth-order valence-corrected chi connectivity index (χ4v) is 4.11. The molecule has 7 nitrogen and oxygen atoms in total. The molecule has 0 spiro atoms. The number of amides is 1. The number of methoxy groups -OCH3 is 1. The summed E-state index contributed by atoms with van der Waals surface area (Å²) in [6.45, 7) is 3.71. The van der Waals surface area contributed by atoms with Gasteiger partial charge < -0.3 is 20.7 Å². The average molecular weight is 566 g/mol. The molecule has 180 valence electrons. The fourth-order valence-electron chi connectivity index (χ4n) is 4.11. The summed E-state index contributed by atoms with van der Waals surface area (Å²) in [6, 6.07) is 16.3. The highest BCUT2D eigenvalue weighted by Gasteiger charge is 2.24. The number of benzene rings is 2. The van der Waals surface area contributed by atoms with Crippen LogP contribution in [0.3, 0.4) is 0 Å². The lowest BCUT2D eigenvalue weighted by Gasteiger charge is -2.29. The molecule has 8 heteroatoms. The maximum Gasteiger partial charge on any atom is 0.251 e. The van der Waals surface area contributed by atoms with Gasteiger partial charge in [-0.05, 0) is 67.7 Å². The largest absolute Gasteiger partial charge is 0.497 e. The maximum atomic E-state index is 11.8. The van der Waals surface area contributed by atoms with E-state index in [-0.39, 0.29) is 35.9 Å². The van der Waals surface area contributed by atoms with Gasteiger partial charge in [0, 0.05) is 32.7 Å². The van der Waals surface area contributed by atoms with Gasteiger partial charge in [0.1, 0.15) is 5.75 Å². The van der Waals surface area contributed by atoms with E-state index in [1.165, 1.54) is 18.4 Å². The Morgan fingerprint density at radius 2 is 1.88 bits per heavy atom. The van der Waals surface area contributed by atoms with Crippen LogP contribution in [0.4, 0.5) is 0 Å². The number of nitrogens with zero attached hydrogens (tertiary/aromatic N) is 2. The zero-order chi connectivity index (χ0) is 22.8. The highest BCUT2D eigenvalue weighted by molar-refractivity contribution is 14.0. The Labute approximate surface area is 214 Å². The van der Waals surface area contributed by atoms with Crippen molar-refractivity contribution in [3.05, 3.63) is 65.2 Å². The number of likely N-dealkylation sites (tertiary alicyclic amines) is 1. The standard InChI is InChI=1S/C25H35N5O2.HI/c1-26-24(31)21-10-6-8-19(16-21)12-13-28-25(27-2)29-18-23(30-14-4-5-15-30)20-9-7-11-22(17-20)32-3;/h6-11,16-17,23H,4-5,12-15,18H2,1-3H3,(H,26,31)(H2,27,28,29);1H. The van der Waals surface area contributed by atoms with Crippen LogP contribution in [0.2, 0.25) is 0 Å². The first kappa shape index (κ1) is 26.9. The van der Waals surface area contributed by atoms with Crippen LogP contribution in [-0.2, 0) is 6.42 Å². The van der Waals surface area contributed by atoms with Crippen molar-refractivity contribution >= 4 is 35.8 Å². The van der Waals surface area contributed by atoms with E-state index >= 15 is 0 Å². The molecule has 1 aliphatic heterocycles. The molecule has 1 unspecified atom stereocenters. The normalized spacial score (nSPS) is 14.8. The van der Waals surface area contributed by atoms with Gasteiger partial charge in [-0.25, -0.2) is 0 Å². The lowest BCUT2D eigenvalue weighted by atomic mass is 10.1. The quantitative estimate of drug-likeness (QED) is 0.247. The molecule has 0 bridgehead atoms. The Bertz CT molecular complexity index is 915. The Kier molecular flexibility index (Phi) is 11.5. The van der Waals surface area contributed by atoms with Gasteiger partial charge >= 0.3 is 0 Å². The number of aliphatic imine (C=N–C) groups is 1. The lowest BCUT2D eigenvalue weighted by Crippen LogP contribution is -2.43. The van der Waals surface area contributed by atoms with Crippen LogP contribution in [0.5, 0.6) is 5.75 Å². The summed E-state index contributed by atoms with van der Waals surface area (Å²) in [5.74, 6) is 1.59. The van der Waals surface area contributed by atoms with E-state index in [9.17, 15) is 4.79 Å². The van der Waals surface area contributed by atoms with E-state index in [4.69, 9.17) is 4.74 Å². The third-order valence-corrected chi connectivity index (χ3v) is 5.87. The minimum atomic E-state index is -0.0669. The second-order valence-corrected chi connectivity index (χ2v) is 7.94. The van der Waals surface area contributed by atoms with Crippen molar-refractivity contribution in [2.45, 2.75) is 25.3 Å². The molecule has 2 aromatic carbocycles. The third-order valence-electron chi connectivity index (χ3n) is 5.87. The average Bonchev–Trinajstić information content (AvgIpc) is 3.37. The van der Waals surface area contributed by atoms with Gasteiger partial charge in [-0.1, -0.05) is 24.3 Å². The summed E-state index contributed by atoms with van der Waals surface area (Å²) in [5, 5.41) is 9.56. The zero-order valence-electron chi connectivity index (χ0n) is 19.8. The summed E-state index contributed by atoms with van der Waals surface area (Å²) >= 11 is 0. The number of halogens is 1. The Morgan fingerprint density at radius 3 is 2.58 bits per heavy atom. The molecule has 2 aromatic rings. The zero-order valence-corrected chi connectivity index (χ0v) is 22.1. The van der Waals surface area contributed by atoms with E-state index in [2.05, 4.69) is 44.0 Å². The molecule has 1 saturated heterocycles. The number of hydrogen-bond acceptors (Lipinski definition) is 4. The van der Waals surface area contributed by atoms with Crippen molar-refractivity contribution in [2.75, 3.05) is 47.4 Å². The van der Waals surface area contributed by atoms with Crippen LogP contribution in [-0.4, -0.2) is 64.2 Å². The van der Waals surface area contributed by atoms with E-state index in [1.54, 1.807) is 21.2 Å². The summed E-state index contributed by atoms with van der Waals surface area (Å²) in [4.78, 5) is 18.8. The van der Waals surface area contributed by atoms with Gasteiger partial charge in [-0.15, -0.1) is 24.0 Å². The predicted octanol–water partition coefficient (Wildman–Crippen LogP) is 3.22. The molecule has 0 radical (unpaired) electrons. The Morgan fingerprint density at radius 1 is 1.12 bits per heavy atom. The van der Waals surface area contributed by atoms with Crippen molar-refractivity contribution in [1.82, 2.24) is 20.9 Å². The first-order chi connectivity index (χ1) is 15.6. The number of ether oxygens (including phenoxy) is 1. The van der Waals surface area contributed by atoms with Crippen LogP contribution in [0.15, 0.2) is 53.5 Å². The minimum Gasteiger partial charge on any atom is -0.497 e. The second kappa shape index (κ2) is 14.0. The number of carbonyl (C=O) groups excluding carboxylic acids is 1. The molecule has 1 aliphatic rings. The van der Waals surface area contributed by atoms with Gasteiger partial charge in [0.15, 0.2) is 5.96 Å². The van der Waals surface area contributed by atoms with Crippen molar-refractivity contribution in [2.24, 2.45) is 4.99 Å². The van der Waals surface area contributed by atoms with Crippen LogP contribution in [0.25, 0.3) is 0 Å². The molecule has 3 N–H and O–H groups in total. The van der Waals surface area contributed by atoms with Crippen LogP contribution >= 0.6 is 24.0 Å². The first-order valence-electron chi connectivity index (χ1n) is 11.3. The minimum absolute atomic E-state index is 0. The number of rotatable bonds is 9. The smallest absolute Gasteiger partial charge is 0.251 e. The molecule has 1 atom stereocenters. The molecule has 33 heavy (non-hydrogen) atoms. The number of carbonyl (C=O) groups is 1. The van der Waals surface area contributed by atoms with E-state index < -0.39 is 0 Å². The predicted molar refractivity (Wildman–Crippen MR) is 145 cm³/mol. The monoisotopic (exact) mass is 565 g/mol. The Balaban J connectivity index is 0.00000385. The van der Waals surface area contributed by atoms with Crippen molar-refractivity contribution in [3.63, 3.8) is 0 Å². The highest BCUT2D eigenvalue weighted by atomic mass is 127. The summed E-state index contributed by atoms with van der Waals surface area (Å²) in [5.41, 5.74) is 3.04. The molecule has 1 heterocycles. The molecular formula is C25H36IN5O2. The maximum absolute atomic E-state index is 11.8. The fraction of sp³-hybridized carbons (Fsp3) is 0.440. The van der Waals surface area contributed by atoms with Crippen LogP contribution in [0.1, 0.15) is 40.4 Å². The lowest BCUT2D eigenvalue weighted by molar-refractivity contribution is 0.0963. The number of guanidine groups is 1. The van der Waals surface area contributed by atoms with Crippen molar-refractivity contribution in [3.8, 4) is 5.75 Å². The number of hydrogen-bond donors (Lipinski definition) is 3. The molecule has 1 amide bonds. The topological polar surface area (TPSA) is 78.0 Å². The number of nitrogens with one attached hydrogen (secondary N) is 3. The van der Waals surface area contributed by atoms with Gasteiger partial charge in [-0.2, -0.15) is 0 Å². The van der Waals surface area contributed by atoms with Crippen molar-refractivity contribution < 1.29 is 9.53 Å². The SMILES string of the molecule is CN=C(NCCc1cccc(C(=O)NC)c1)NCC(c1cccc(OC)c1)N1CCCC1.I. The van der Waals surface area contributed by atoms with Gasteiger partial charge in [-0.3, -0.25) is 14.7 Å². The summed E-state index contributed by atoms with van der Waals surface area (Å²) in [6.07, 6.45) is 3.28. The van der Waals surface area contributed by atoms with E-state index in [0.717, 1.165) is 49.9 Å². The first-order valence-corrected chi connectivity index (χ1v) is 11.3. The van der Waals surface area contributed by atoms with Crippen molar-refractivity contribution in [1.29, 1.82) is 0 Å². The molecular weight excluding hydrogens is 529 g/mol. The Hall–Kier alpha value is -2.33. The van der Waals surface area contributed by atoms with E-state index in [1.807, 2.05) is 30.3 Å². The third kappa shape index (κ3) is 7.89.